The summed E-state index contributed by atoms with van der Waals surface area (Å²) in [6.07, 6.45) is 2.97. The molecule has 0 N–H and O–H groups in total. The Hall–Kier alpha value is -1.89. The van der Waals surface area contributed by atoms with E-state index in [4.69, 9.17) is 14.7 Å². The van der Waals surface area contributed by atoms with Gasteiger partial charge in [-0.25, -0.2) is 0 Å². The third kappa shape index (κ3) is 2.37. The molecule has 0 unspecified atom stereocenters. The number of rotatable bonds is 2. The Balaban J connectivity index is 2.18. The fraction of sp³-hybridized carbons (Fsp3) is 0.417. The van der Waals surface area contributed by atoms with Gasteiger partial charge in [-0.15, -0.1) is 0 Å². The zero-order valence-electron chi connectivity index (χ0n) is 9.27. The van der Waals surface area contributed by atoms with Gasteiger partial charge in [0.15, 0.2) is 17.7 Å². The van der Waals surface area contributed by atoms with Crippen molar-refractivity contribution in [1.82, 2.24) is 4.90 Å². The van der Waals surface area contributed by atoms with Crippen LogP contribution >= 0.6 is 0 Å². The highest BCUT2D eigenvalue weighted by Crippen LogP contribution is 2.30. The van der Waals surface area contributed by atoms with E-state index in [0.29, 0.717) is 19.8 Å². The van der Waals surface area contributed by atoms with E-state index in [0.717, 1.165) is 23.5 Å². The van der Waals surface area contributed by atoms with Crippen molar-refractivity contribution in [2.24, 2.45) is 0 Å². The normalized spacial score (nSPS) is 13.8. The van der Waals surface area contributed by atoms with Crippen LogP contribution < -0.4 is 9.47 Å². The van der Waals surface area contributed by atoms with E-state index < -0.39 is 0 Å². The van der Waals surface area contributed by atoms with Crippen LogP contribution in [0.1, 0.15) is 12.0 Å². The second kappa shape index (κ2) is 4.75. The van der Waals surface area contributed by atoms with Crippen LogP contribution in [0.15, 0.2) is 18.2 Å². The topological polar surface area (TPSA) is 45.5 Å². The van der Waals surface area contributed by atoms with Gasteiger partial charge in [0.25, 0.3) is 0 Å². The summed E-state index contributed by atoms with van der Waals surface area (Å²) in [6.45, 7) is 1.97. The monoisotopic (exact) mass is 218 g/mol. The van der Waals surface area contributed by atoms with E-state index >= 15 is 0 Å². The van der Waals surface area contributed by atoms with Crippen molar-refractivity contribution in [3.63, 3.8) is 0 Å². The highest BCUT2D eigenvalue weighted by Gasteiger charge is 2.10. The molecule has 0 spiro atoms. The fourth-order valence-electron chi connectivity index (χ4n) is 1.62. The zero-order valence-corrected chi connectivity index (χ0v) is 9.27. The van der Waals surface area contributed by atoms with Gasteiger partial charge < -0.3 is 14.4 Å². The molecule has 4 heteroatoms. The van der Waals surface area contributed by atoms with Crippen LogP contribution in [0.3, 0.4) is 0 Å². The maximum absolute atomic E-state index is 8.70. The number of ether oxygens (including phenoxy) is 2. The molecule has 1 aromatic carbocycles. The minimum atomic E-state index is 0.590. The summed E-state index contributed by atoms with van der Waals surface area (Å²) in [7, 11) is 1.75. The number of fused-ring (bicyclic) bond motifs is 1. The third-order valence-electron chi connectivity index (χ3n) is 2.40. The first-order valence-corrected chi connectivity index (χ1v) is 5.29. The summed E-state index contributed by atoms with van der Waals surface area (Å²) >= 11 is 0. The van der Waals surface area contributed by atoms with Gasteiger partial charge in [0.2, 0.25) is 0 Å². The smallest absolute Gasteiger partial charge is 0.179 e. The molecular formula is C12H14N2O2. The van der Waals surface area contributed by atoms with Gasteiger partial charge in [-0.05, 0) is 17.7 Å². The van der Waals surface area contributed by atoms with Crippen LogP contribution in [-0.2, 0) is 6.54 Å². The van der Waals surface area contributed by atoms with Gasteiger partial charge in [0, 0.05) is 13.5 Å². The number of nitrogens with zero attached hydrogens (tertiary/aromatic N) is 2. The second-order valence-corrected chi connectivity index (χ2v) is 3.79. The van der Waals surface area contributed by atoms with Gasteiger partial charge in [-0.2, -0.15) is 5.26 Å². The predicted octanol–water partition coefficient (Wildman–Crippen LogP) is 1.76. The number of benzene rings is 1. The average molecular weight is 218 g/mol. The van der Waals surface area contributed by atoms with Gasteiger partial charge in [0.05, 0.1) is 19.8 Å². The Labute approximate surface area is 95.0 Å². The largest absolute Gasteiger partial charge is 0.490 e. The molecule has 1 aliphatic heterocycles. The lowest BCUT2D eigenvalue weighted by molar-refractivity contribution is 0.297. The molecule has 0 amide bonds. The Morgan fingerprint density at radius 1 is 1.31 bits per heavy atom. The van der Waals surface area contributed by atoms with Crippen LogP contribution in [-0.4, -0.2) is 25.2 Å². The number of hydrogen-bond donors (Lipinski definition) is 0. The average Bonchev–Trinajstić information content (AvgIpc) is 2.53. The SMILES string of the molecule is CN(C#N)Cc1ccc2c(c1)OCCCO2. The molecule has 0 bridgehead atoms. The van der Waals surface area contributed by atoms with Crippen LogP contribution in [0.25, 0.3) is 0 Å². The highest BCUT2D eigenvalue weighted by atomic mass is 16.5. The Kier molecular flexibility index (Phi) is 3.16. The van der Waals surface area contributed by atoms with Crippen LogP contribution in [0, 0.1) is 11.5 Å². The number of nitriles is 1. The molecule has 0 radical (unpaired) electrons. The lowest BCUT2D eigenvalue weighted by Crippen LogP contribution is -2.10. The summed E-state index contributed by atoms with van der Waals surface area (Å²) < 4.78 is 11.1. The molecule has 1 aromatic rings. The summed E-state index contributed by atoms with van der Waals surface area (Å²) in [6, 6.07) is 5.80. The molecule has 0 saturated heterocycles. The minimum Gasteiger partial charge on any atom is -0.490 e. The molecule has 1 heterocycles. The predicted molar refractivity (Wildman–Crippen MR) is 59.1 cm³/mol. The van der Waals surface area contributed by atoms with E-state index in [1.807, 2.05) is 18.2 Å². The lowest BCUT2D eigenvalue weighted by Gasteiger charge is -2.12. The van der Waals surface area contributed by atoms with E-state index in [1.54, 1.807) is 11.9 Å². The molecule has 0 saturated carbocycles. The first-order chi connectivity index (χ1) is 7.79. The van der Waals surface area contributed by atoms with Gasteiger partial charge in [-0.3, -0.25) is 0 Å². The van der Waals surface area contributed by atoms with E-state index in [1.165, 1.54) is 0 Å². The van der Waals surface area contributed by atoms with Crippen molar-refractivity contribution >= 4 is 0 Å². The molecular weight excluding hydrogens is 204 g/mol. The van der Waals surface area contributed by atoms with Gasteiger partial charge >= 0.3 is 0 Å². The van der Waals surface area contributed by atoms with Crippen molar-refractivity contribution in [3.8, 4) is 17.7 Å². The van der Waals surface area contributed by atoms with Crippen LogP contribution in [0.4, 0.5) is 0 Å². The second-order valence-electron chi connectivity index (χ2n) is 3.79. The highest BCUT2D eigenvalue weighted by molar-refractivity contribution is 5.43. The van der Waals surface area contributed by atoms with Gasteiger partial charge in [-0.1, -0.05) is 6.07 Å². The molecule has 0 aromatic heterocycles. The third-order valence-corrected chi connectivity index (χ3v) is 2.40. The molecule has 0 aliphatic carbocycles. The lowest BCUT2D eigenvalue weighted by atomic mass is 10.2. The summed E-state index contributed by atoms with van der Waals surface area (Å²) in [5.74, 6) is 1.57. The molecule has 2 rings (SSSR count). The molecule has 4 nitrogen and oxygen atoms in total. The maximum Gasteiger partial charge on any atom is 0.179 e. The summed E-state index contributed by atoms with van der Waals surface area (Å²) in [4.78, 5) is 1.57. The molecule has 0 atom stereocenters. The van der Waals surface area contributed by atoms with Gasteiger partial charge in [0.1, 0.15) is 0 Å². The maximum atomic E-state index is 8.70. The van der Waals surface area contributed by atoms with E-state index in [-0.39, 0.29) is 0 Å². The van der Waals surface area contributed by atoms with E-state index in [9.17, 15) is 0 Å². The molecule has 0 fully saturated rings. The molecule has 84 valence electrons. The Morgan fingerprint density at radius 2 is 2.06 bits per heavy atom. The Morgan fingerprint density at radius 3 is 2.81 bits per heavy atom. The van der Waals surface area contributed by atoms with Crippen LogP contribution in [0.5, 0.6) is 11.5 Å². The van der Waals surface area contributed by atoms with Crippen molar-refractivity contribution in [2.75, 3.05) is 20.3 Å². The Bertz CT molecular complexity index is 412. The molecule has 1 aliphatic rings. The van der Waals surface area contributed by atoms with Crippen molar-refractivity contribution < 1.29 is 9.47 Å². The fourth-order valence-corrected chi connectivity index (χ4v) is 1.62. The van der Waals surface area contributed by atoms with Crippen molar-refractivity contribution in [1.29, 1.82) is 5.26 Å². The summed E-state index contributed by atoms with van der Waals surface area (Å²) in [5, 5.41) is 8.70. The quantitative estimate of drug-likeness (QED) is 0.560. The number of hydrogen-bond acceptors (Lipinski definition) is 4. The minimum absolute atomic E-state index is 0.590. The first-order valence-electron chi connectivity index (χ1n) is 5.29. The first kappa shape index (κ1) is 10.6. The van der Waals surface area contributed by atoms with Crippen LogP contribution in [0.2, 0.25) is 0 Å². The molecule has 16 heavy (non-hydrogen) atoms. The summed E-state index contributed by atoms with van der Waals surface area (Å²) in [5.41, 5.74) is 1.05. The van der Waals surface area contributed by atoms with Crippen molar-refractivity contribution in [3.05, 3.63) is 23.8 Å². The van der Waals surface area contributed by atoms with E-state index in [2.05, 4.69) is 6.19 Å². The van der Waals surface area contributed by atoms with Crippen molar-refractivity contribution in [2.45, 2.75) is 13.0 Å². The standard InChI is InChI=1S/C12H14N2O2/c1-14(9-13)8-10-3-4-11-12(7-10)16-6-2-5-15-11/h3-4,7H,2,5-6,8H2,1H3. The zero-order chi connectivity index (χ0) is 11.4.